The fourth-order valence-corrected chi connectivity index (χ4v) is 3.75. The summed E-state index contributed by atoms with van der Waals surface area (Å²) in [6.45, 7) is 3.09. The number of nitrogens with zero attached hydrogens (tertiary/aromatic N) is 3. The predicted octanol–water partition coefficient (Wildman–Crippen LogP) is 4.75. The molecule has 1 unspecified atom stereocenters. The molecule has 0 spiro atoms. The summed E-state index contributed by atoms with van der Waals surface area (Å²) in [6.07, 6.45) is 5.96. The van der Waals surface area contributed by atoms with Crippen LogP contribution in [-0.4, -0.2) is 28.3 Å². The minimum absolute atomic E-state index is 0.0443. The summed E-state index contributed by atoms with van der Waals surface area (Å²) in [5.41, 5.74) is 2.85. The van der Waals surface area contributed by atoms with Gasteiger partial charge in [-0.15, -0.1) is 0 Å². The van der Waals surface area contributed by atoms with Gasteiger partial charge in [-0.05, 0) is 42.2 Å². The number of anilines is 1. The highest BCUT2D eigenvalue weighted by Gasteiger charge is 2.26. The van der Waals surface area contributed by atoms with Gasteiger partial charge in [-0.2, -0.15) is 5.10 Å². The van der Waals surface area contributed by atoms with Gasteiger partial charge < -0.3 is 10.2 Å². The zero-order chi connectivity index (χ0) is 22.2. The highest BCUT2D eigenvalue weighted by Crippen LogP contribution is 2.27. The molecule has 1 heterocycles. The molecule has 31 heavy (non-hydrogen) atoms. The van der Waals surface area contributed by atoms with Crippen molar-refractivity contribution in [2.45, 2.75) is 38.8 Å². The van der Waals surface area contributed by atoms with Crippen molar-refractivity contribution in [1.29, 1.82) is 0 Å². The predicted molar refractivity (Wildman–Crippen MR) is 123 cm³/mol. The first-order valence-corrected chi connectivity index (χ1v) is 10.9. The van der Waals surface area contributed by atoms with Gasteiger partial charge in [-0.25, -0.2) is 4.39 Å². The zero-order valence-electron chi connectivity index (χ0n) is 17.9. The Hall–Kier alpha value is -2.86. The minimum Gasteiger partial charge on any atom is -0.355 e. The van der Waals surface area contributed by atoms with Crippen LogP contribution >= 0.6 is 11.6 Å². The standard InChI is InChI=1S/C24H28ClFN4O/c1-3-7-23(24(31)27-13-12-19-15-28-29(2)16-19)30(17-18-8-5-4-6-9-18)20-10-11-22(26)21(25)14-20/h4-6,8-11,14-16,23H,3,7,12-13,17H2,1-2H3,(H,27,31). The molecule has 0 saturated heterocycles. The lowest BCUT2D eigenvalue weighted by Crippen LogP contribution is -2.47. The van der Waals surface area contributed by atoms with Crippen molar-refractivity contribution in [3.63, 3.8) is 0 Å². The molecule has 0 radical (unpaired) electrons. The lowest BCUT2D eigenvalue weighted by molar-refractivity contribution is -0.122. The monoisotopic (exact) mass is 442 g/mol. The summed E-state index contributed by atoms with van der Waals surface area (Å²) < 4.78 is 15.5. The Morgan fingerprint density at radius 3 is 2.65 bits per heavy atom. The quantitative estimate of drug-likeness (QED) is 0.493. The third-order valence-corrected chi connectivity index (χ3v) is 5.43. The van der Waals surface area contributed by atoms with Crippen molar-refractivity contribution in [2.75, 3.05) is 11.4 Å². The van der Waals surface area contributed by atoms with Crippen LogP contribution < -0.4 is 10.2 Å². The second-order valence-electron chi connectivity index (χ2n) is 7.58. The first-order chi connectivity index (χ1) is 15.0. The number of halogens is 2. The van der Waals surface area contributed by atoms with Gasteiger partial charge in [0.1, 0.15) is 11.9 Å². The summed E-state index contributed by atoms with van der Waals surface area (Å²) >= 11 is 6.07. The lowest BCUT2D eigenvalue weighted by Gasteiger charge is -2.33. The minimum atomic E-state index is -0.474. The van der Waals surface area contributed by atoms with Crippen LogP contribution in [0.3, 0.4) is 0 Å². The number of aromatic nitrogens is 2. The Morgan fingerprint density at radius 1 is 1.23 bits per heavy atom. The van der Waals surface area contributed by atoms with E-state index in [0.29, 0.717) is 25.9 Å². The first-order valence-electron chi connectivity index (χ1n) is 10.5. The summed E-state index contributed by atoms with van der Waals surface area (Å²) in [6, 6.07) is 14.1. The van der Waals surface area contributed by atoms with Crippen LogP contribution in [0.25, 0.3) is 0 Å². The van der Waals surface area contributed by atoms with Gasteiger partial charge >= 0.3 is 0 Å². The Kier molecular flexibility index (Phi) is 8.06. The second-order valence-corrected chi connectivity index (χ2v) is 7.99. The van der Waals surface area contributed by atoms with E-state index in [-0.39, 0.29) is 10.9 Å². The van der Waals surface area contributed by atoms with Crippen LogP contribution in [0.4, 0.5) is 10.1 Å². The summed E-state index contributed by atoms with van der Waals surface area (Å²) in [5, 5.41) is 7.27. The van der Waals surface area contributed by atoms with Crippen molar-refractivity contribution < 1.29 is 9.18 Å². The van der Waals surface area contributed by atoms with Gasteiger partial charge in [0, 0.05) is 32.0 Å². The van der Waals surface area contributed by atoms with Gasteiger partial charge in [-0.3, -0.25) is 9.48 Å². The van der Waals surface area contributed by atoms with Crippen molar-refractivity contribution in [1.82, 2.24) is 15.1 Å². The fourth-order valence-electron chi connectivity index (χ4n) is 3.58. The van der Waals surface area contributed by atoms with E-state index in [9.17, 15) is 9.18 Å². The Morgan fingerprint density at radius 2 is 2.00 bits per heavy atom. The maximum Gasteiger partial charge on any atom is 0.242 e. The number of nitrogens with one attached hydrogen (secondary N) is 1. The molecule has 0 fully saturated rings. The van der Waals surface area contributed by atoms with Gasteiger partial charge in [0.05, 0.1) is 11.2 Å². The number of rotatable bonds is 10. The van der Waals surface area contributed by atoms with Gasteiger partial charge in [0.15, 0.2) is 0 Å². The Bertz CT molecular complexity index is 992. The van der Waals surface area contributed by atoms with E-state index in [2.05, 4.69) is 10.4 Å². The molecule has 0 bridgehead atoms. The van der Waals surface area contributed by atoms with Crippen molar-refractivity contribution in [3.05, 3.63) is 82.9 Å². The largest absolute Gasteiger partial charge is 0.355 e. The van der Waals surface area contributed by atoms with Gasteiger partial charge in [-0.1, -0.05) is 55.3 Å². The molecule has 1 aromatic heterocycles. The number of hydrogen-bond acceptors (Lipinski definition) is 3. The van der Waals surface area contributed by atoms with Gasteiger partial charge in [0.25, 0.3) is 0 Å². The molecule has 1 atom stereocenters. The third kappa shape index (κ3) is 6.31. The maximum atomic E-state index is 13.8. The van der Waals surface area contributed by atoms with Crippen LogP contribution in [0.2, 0.25) is 5.02 Å². The number of hydrogen-bond donors (Lipinski definition) is 1. The normalized spacial score (nSPS) is 11.9. The fraction of sp³-hybridized carbons (Fsp3) is 0.333. The average Bonchev–Trinajstić information content (AvgIpc) is 3.18. The van der Waals surface area contributed by atoms with E-state index in [1.54, 1.807) is 23.0 Å². The van der Waals surface area contributed by atoms with Crippen LogP contribution in [0.15, 0.2) is 60.9 Å². The van der Waals surface area contributed by atoms with Crippen LogP contribution in [0.5, 0.6) is 0 Å². The molecule has 1 amide bonds. The smallest absolute Gasteiger partial charge is 0.242 e. The number of carbonyl (C=O) groups excluding carboxylic acids is 1. The lowest BCUT2D eigenvalue weighted by atomic mass is 10.1. The maximum absolute atomic E-state index is 13.8. The molecule has 164 valence electrons. The van der Waals surface area contributed by atoms with Crippen molar-refractivity contribution >= 4 is 23.2 Å². The molecule has 0 saturated carbocycles. The van der Waals surface area contributed by atoms with Crippen molar-refractivity contribution in [3.8, 4) is 0 Å². The van der Waals surface area contributed by atoms with E-state index in [1.807, 2.05) is 55.4 Å². The Labute approximate surface area is 187 Å². The SMILES string of the molecule is CCCC(C(=O)NCCc1cnn(C)c1)N(Cc1ccccc1)c1ccc(F)c(Cl)c1. The highest BCUT2D eigenvalue weighted by atomic mass is 35.5. The third-order valence-electron chi connectivity index (χ3n) is 5.14. The average molecular weight is 443 g/mol. The zero-order valence-corrected chi connectivity index (χ0v) is 18.6. The molecule has 3 aromatic rings. The van der Waals surface area contributed by atoms with E-state index >= 15 is 0 Å². The Balaban J connectivity index is 1.81. The number of amides is 1. The number of carbonyl (C=O) groups is 1. The number of aryl methyl sites for hydroxylation is 1. The summed E-state index contributed by atoms with van der Waals surface area (Å²) in [7, 11) is 1.87. The molecule has 1 N–H and O–H groups in total. The second kappa shape index (κ2) is 11.0. The van der Waals surface area contributed by atoms with Crippen molar-refractivity contribution in [2.24, 2.45) is 7.05 Å². The van der Waals surface area contributed by atoms with E-state index < -0.39 is 11.9 Å². The molecule has 7 heteroatoms. The van der Waals surface area contributed by atoms with Gasteiger partial charge in [0.2, 0.25) is 5.91 Å². The highest BCUT2D eigenvalue weighted by molar-refractivity contribution is 6.31. The topological polar surface area (TPSA) is 50.2 Å². The molecule has 0 aliphatic heterocycles. The van der Waals surface area contributed by atoms with Crippen LogP contribution in [0.1, 0.15) is 30.9 Å². The molecular weight excluding hydrogens is 415 g/mol. The van der Waals surface area contributed by atoms with E-state index in [0.717, 1.165) is 23.2 Å². The molecule has 0 aliphatic carbocycles. The summed E-state index contributed by atoms with van der Waals surface area (Å²) in [4.78, 5) is 15.2. The van der Waals surface area contributed by atoms with E-state index in [4.69, 9.17) is 11.6 Å². The van der Waals surface area contributed by atoms with Crippen LogP contribution in [-0.2, 0) is 24.8 Å². The molecule has 0 aliphatic rings. The molecular formula is C24H28ClFN4O. The number of benzene rings is 2. The summed E-state index contributed by atoms with van der Waals surface area (Å²) in [5.74, 6) is -0.528. The van der Waals surface area contributed by atoms with E-state index in [1.165, 1.54) is 6.07 Å². The van der Waals surface area contributed by atoms with Crippen LogP contribution in [0, 0.1) is 5.82 Å². The molecule has 2 aromatic carbocycles. The molecule has 3 rings (SSSR count). The first kappa shape index (κ1) is 22.8. The molecule has 5 nitrogen and oxygen atoms in total.